The van der Waals surface area contributed by atoms with E-state index in [1.807, 2.05) is 6.92 Å². The summed E-state index contributed by atoms with van der Waals surface area (Å²) in [5, 5.41) is 6.60. The number of carbonyl (C=O) groups excluding carboxylic acids is 1. The lowest BCUT2D eigenvalue weighted by atomic mass is 10.3. The third-order valence-corrected chi connectivity index (χ3v) is 3.26. The Hall–Kier alpha value is -1.34. The Morgan fingerprint density at radius 3 is 3.06 bits per heavy atom. The molecule has 2 aromatic heterocycles. The van der Waals surface area contributed by atoms with Crippen molar-refractivity contribution in [2.75, 3.05) is 5.32 Å². The minimum atomic E-state index is -0.220. The minimum Gasteiger partial charge on any atom is -0.306 e. The summed E-state index contributed by atoms with van der Waals surface area (Å²) >= 11 is 4.34. The first-order valence-electron chi connectivity index (χ1n) is 4.96. The van der Waals surface area contributed by atoms with Crippen LogP contribution in [0.5, 0.6) is 0 Å². The van der Waals surface area contributed by atoms with Gasteiger partial charge in [0.2, 0.25) is 0 Å². The number of hydrogen-bond acceptors (Lipinski definition) is 5. The highest BCUT2D eigenvalue weighted by molar-refractivity contribution is 9.10. The fraction of sp³-hybridized carbons (Fsp3) is 0.200. The largest absolute Gasteiger partial charge is 0.306 e. The number of rotatable bonds is 3. The molecule has 0 spiro atoms. The number of carbonyl (C=O) groups is 1. The van der Waals surface area contributed by atoms with E-state index in [2.05, 4.69) is 35.8 Å². The van der Waals surface area contributed by atoms with Crippen LogP contribution in [0.25, 0.3) is 0 Å². The lowest BCUT2D eigenvalue weighted by molar-refractivity contribution is 0.102. The number of amides is 1. The molecule has 2 aromatic rings. The molecule has 5 nitrogen and oxygen atoms in total. The summed E-state index contributed by atoms with van der Waals surface area (Å²) < 4.78 is 4.45. The van der Waals surface area contributed by atoms with Crippen LogP contribution in [0.15, 0.2) is 22.8 Å². The average molecular weight is 313 g/mol. The van der Waals surface area contributed by atoms with Crippen LogP contribution in [-0.4, -0.2) is 20.5 Å². The van der Waals surface area contributed by atoms with Crippen LogP contribution >= 0.6 is 27.5 Å². The van der Waals surface area contributed by atoms with Crippen molar-refractivity contribution in [2.45, 2.75) is 13.3 Å². The third-order valence-electron chi connectivity index (χ3n) is 2.05. The molecule has 0 aromatic carbocycles. The summed E-state index contributed by atoms with van der Waals surface area (Å²) in [4.78, 5) is 16.6. The molecule has 17 heavy (non-hydrogen) atoms. The highest BCUT2D eigenvalue weighted by Crippen LogP contribution is 2.15. The third kappa shape index (κ3) is 2.86. The van der Waals surface area contributed by atoms with Crippen molar-refractivity contribution in [3.63, 3.8) is 0 Å². The van der Waals surface area contributed by atoms with Gasteiger partial charge in [-0.25, -0.2) is 4.98 Å². The minimum absolute atomic E-state index is 0.220. The lowest BCUT2D eigenvalue weighted by Crippen LogP contribution is -2.13. The summed E-state index contributed by atoms with van der Waals surface area (Å²) in [6.45, 7) is 1.94. The predicted octanol–water partition coefficient (Wildman–Crippen LogP) is 2.51. The van der Waals surface area contributed by atoms with Crippen molar-refractivity contribution < 1.29 is 4.79 Å². The maximum absolute atomic E-state index is 11.9. The number of aromatic nitrogens is 3. The van der Waals surface area contributed by atoms with Crippen LogP contribution in [0.4, 0.5) is 5.82 Å². The van der Waals surface area contributed by atoms with Crippen molar-refractivity contribution >= 4 is 39.2 Å². The van der Waals surface area contributed by atoms with E-state index in [1.54, 1.807) is 18.2 Å². The van der Waals surface area contributed by atoms with E-state index in [-0.39, 0.29) is 5.91 Å². The number of anilines is 1. The maximum atomic E-state index is 11.9. The Labute approximate surface area is 111 Å². The molecule has 2 heterocycles. The molecule has 1 amide bonds. The molecular formula is C10H9BrN4OS. The second-order valence-electron chi connectivity index (χ2n) is 3.20. The van der Waals surface area contributed by atoms with Crippen LogP contribution < -0.4 is 5.32 Å². The summed E-state index contributed by atoms with van der Waals surface area (Å²) in [7, 11) is 0. The van der Waals surface area contributed by atoms with Crippen LogP contribution in [-0.2, 0) is 6.42 Å². The first-order valence-corrected chi connectivity index (χ1v) is 6.52. The van der Waals surface area contributed by atoms with Crippen molar-refractivity contribution in [1.82, 2.24) is 14.6 Å². The monoisotopic (exact) mass is 312 g/mol. The molecule has 0 saturated carbocycles. The number of pyridine rings is 1. The second kappa shape index (κ2) is 5.33. The van der Waals surface area contributed by atoms with Gasteiger partial charge >= 0.3 is 0 Å². The van der Waals surface area contributed by atoms with Gasteiger partial charge < -0.3 is 5.32 Å². The molecule has 0 aliphatic rings. The van der Waals surface area contributed by atoms with Gasteiger partial charge in [-0.2, -0.15) is 0 Å². The van der Waals surface area contributed by atoms with Gasteiger partial charge in [-0.15, -0.1) is 5.10 Å². The average Bonchev–Trinajstić information content (AvgIpc) is 2.77. The van der Waals surface area contributed by atoms with E-state index >= 15 is 0 Å². The summed E-state index contributed by atoms with van der Waals surface area (Å²) in [5.74, 6) is 0.280. The van der Waals surface area contributed by atoms with Crippen molar-refractivity contribution in [1.29, 1.82) is 0 Å². The molecule has 0 aliphatic carbocycles. The Balaban J connectivity index is 2.17. The standard InChI is InChI=1S/C10H9BrN4OS/c1-2-6-9(17-15-14-6)10(16)13-8-5-3-4-7(11)12-8/h3-5H,2H2,1H3,(H,12,13,16). The normalized spacial score (nSPS) is 10.2. The SMILES string of the molecule is CCc1nnsc1C(=O)Nc1cccc(Br)n1. The first-order chi connectivity index (χ1) is 8.20. The molecule has 0 fully saturated rings. The maximum Gasteiger partial charge on any atom is 0.270 e. The lowest BCUT2D eigenvalue weighted by Gasteiger charge is -2.03. The van der Waals surface area contributed by atoms with Crippen molar-refractivity contribution in [2.24, 2.45) is 0 Å². The Bertz CT molecular complexity index is 543. The van der Waals surface area contributed by atoms with Crippen molar-refractivity contribution in [3.05, 3.63) is 33.4 Å². The summed E-state index contributed by atoms with van der Waals surface area (Å²) in [6, 6.07) is 5.32. The van der Waals surface area contributed by atoms with Gasteiger partial charge in [0.15, 0.2) is 0 Å². The van der Waals surface area contributed by atoms with E-state index in [0.29, 0.717) is 27.4 Å². The molecule has 2 rings (SSSR count). The van der Waals surface area contributed by atoms with E-state index in [0.717, 1.165) is 11.5 Å². The van der Waals surface area contributed by atoms with Gasteiger partial charge in [0.25, 0.3) is 5.91 Å². The molecule has 0 aliphatic heterocycles. The fourth-order valence-electron chi connectivity index (χ4n) is 1.26. The second-order valence-corrected chi connectivity index (χ2v) is 4.77. The number of aryl methyl sites for hydroxylation is 1. The van der Waals surface area contributed by atoms with Crippen molar-refractivity contribution in [3.8, 4) is 0 Å². The number of hydrogen-bond donors (Lipinski definition) is 1. The first kappa shape index (κ1) is 12.1. The Kier molecular flexibility index (Phi) is 3.80. The molecule has 0 atom stereocenters. The zero-order chi connectivity index (χ0) is 12.3. The fourth-order valence-corrected chi connectivity index (χ4v) is 2.25. The smallest absolute Gasteiger partial charge is 0.270 e. The van der Waals surface area contributed by atoms with E-state index < -0.39 is 0 Å². The van der Waals surface area contributed by atoms with E-state index in [4.69, 9.17) is 0 Å². The highest BCUT2D eigenvalue weighted by atomic mass is 79.9. The highest BCUT2D eigenvalue weighted by Gasteiger charge is 2.15. The van der Waals surface area contributed by atoms with Gasteiger partial charge in [-0.3, -0.25) is 4.79 Å². The number of nitrogens with one attached hydrogen (secondary N) is 1. The van der Waals surface area contributed by atoms with Crippen LogP contribution in [0, 0.1) is 0 Å². The quantitative estimate of drug-likeness (QED) is 0.884. The van der Waals surface area contributed by atoms with Gasteiger partial charge in [-0.05, 0) is 46.0 Å². The topological polar surface area (TPSA) is 67.8 Å². The van der Waals surface area contributed by atoms with E-state index in [9.17, 15) is 4.79 Å². The molecule has 7 heteroatoms. The van der Waals surface area contributed by atoms with E-state index in [1.165, 1.54) is 0 Å². The summed E-state index contributed by atoms with van der Waals surface area (Å²) in [5.41, 5.74) is 0.711. The predicted molar refractivity (Wildman–Crippen MR) is 69.2 cm³/mol. The molecule has 0 saturated heterocycles. The van der Waals surface area contributed by atoms with Crippen LogP contribution in [0.1, 0.15) is 22.3 Å². The zero-order valence-electron chi connectivity index (χ0n) is 8.98. The Morgan fingerprint density at radius 1 is 1.53 bits per heavy atom. The van der Waals surface area contributed by atoms with Crippen LogP contribution in [0.2, 0.25) is 0 Å². The summed E-state index contributed by atoms with van der Waals surface area (Å²) in [6.07, 6.45) is 0.686. The van der Waals surface area contributed by atoms with Gasteiger partial charge in [0.1, 0.15) is 15.3 Å². The molecule has 0 unspecified atom stereocenters. The van der Waals surface area contributed by atoms with Gasteiger partial charge in [0.05, 0.1) is 5.69 Å². The molecular weight excluding hydrogens is 304 g/mol. The Morgan fingerprint density at radius 2 is 2.35 bits per heavy atom. The number of nitrogens with zero attached hydrogens (tertiary/aromatic N) is 3. The van der Waals surface area contributed by atoms with Gasteiger partial charge in [-0.1, -0.05) is 17.5 Å². The molecule has 0 bridgehead atoms. The zero-order valence-corrected chi connectivity index (χ0v) is 11.4. The molecule has 1 N–H and O–H groups in total. The van der Waals surface area contributed by atoms with Gasteiger partial charge in [0, 0.05) is 0 Å². The number of halogens is 1. The molecule has 0 radical (unpaired) electrons. The molecule has 88 valence electrons. The van der Waals surface area contributed by atoms with Crippen LogP contribution in [0.3, 0.4) is 0 Å².